The van der Waals surface area contributed by atoms with Crippen LogP contribution >= 0.6 is 11.6 Å². The van der Waals surface area contributed by atoms with Gasteiger partial charge in [-0.05, 0) is 18.2 Å². The summed E-state index contributed by atoms with van der Waals surface area (Å²) >= 11 is 5.84. The molecule has 2 rings (SSSR count). The molecule has 0 aromatic heterocycles. The van der Waals surface area contributed by atoms with Gasteiger partial charge in [-0.3, -0.25) is 9.80 Å². The number of carboxylic acids is 1. The molecule has 96 valence electrons. The smallest absolute Gasteiger partial charge is 0.355 e. The fourth-order valence-corrected chi connectivity index (χ4v) is 2.01. The summed E-state index contributed by atoms with van der Waals surface area (Å²) in [6.07, 6.45) is -1.74. The van der Waals surface area contributed by atoms with E-state index in [1.54, 1.807) is 24.3 Å². The van der Waals surface area contributed by atoms with Gasteiger partial charge < -0.3 is 10.2 Å². The summed E-state index contributed by atoms with van der Waals surface area (Å²) in [6.45, 7) is 0.309. The Balaban J connectivity index is 2.32. The van der Waals surface area contributed by atoms with Crippen LogP contribution in [0.25, 0.3) is 0 Å². The second-order valence-electron chi connectivity index (χ2n) is 3.80. The topological polar surface area (TPSA) is 81.1 Å². The molecule has 18 heavy (non-hydrogen) atoms. The Kier molecular flexibility index (Phi) is 3.40. The van der Waals surface area contributed by atoms with Crippen molar-refractivity contribution in [3.05, 3.63) is 29.3 Å². The molecule has 1 aromatic carbocycles. The van der Waals surface area contributed by atoms with Gasteiger partial charge in [0.05, 0.1) is 5.69 Å². The highest BCUT2D eigenvalue weighted by molar-refractivity contribution is 6.30. The van der Waals surface area contributed by atoms with Gasteiger partial charge in [0.25, 0.3) is 0 Å². The van der Waals surface area contributed by atoms with Crippen molar-refractivity contribution in [3.8, 4) is 0 Å². The van der Waals surface area contributed by atoms with Gasteiger partial charge in [-0.1, -0.05) is 17.7 Å². The molecule has 0 aliphatic carbocycles. The molecule has 1 aliphatic heterocycles. The summed E-state index contributed by atoms with van der Waals surface area (Å²) in [4.78, 5) is 22.4. The largest absolute Gasteiger partial charge is 0.478 e. The van der Waals surface area contributed by atoms with Gasteiger partial charge in [0, 0.05) is 18.0 Å². The number of rotatable bonds is 3. The molecule has 1 saturated heterocycles. The number of hydrazine groups is 1. The third-order valence-corrected chi connectivity index (χ3v) is 2.85. The summed E-state index contributed by atoms with van der Waals surface area (Å²) in [7, 11) is 0. The van der Waals surface area contributed by atoms with Crippen molar-refractivity contribution in [1.29, 1.82) is 0 Å². The van der Waals surface area contributed by atoms with Crippen LogP contribution in [0.3, 0.4) is 0 Å². The molecule has 0 radical (unpaired) electrons. The average Bonchev–Trinajstić information content (AvgIpc) is 2.70. The van der Waals surface area contributed by atoms with Crippen molar-refractivity contribution in [1.82, 2.24) is 5.01 Å². The first-order valence-electron chi connectivity index (χ1n) is 5.26. The number of amides is 1. The lowest BCUT2D eigenvalue weighted by Crippen LogP contribution is -2.50. The molecule has 0 spiro atoms. The van der Waals surface area contributed by atoms with Crippen molar-refractivity contribution in [3.63, 3.8) is 0 Å². The number of halogens is 1. The number of aliphatic carboxylic acids is 1. The number of aliphatic hydroxyl groups is 1. The Morgan fingerprint density at radius 2 is 2.17 bits per heavy atom. The molecule has 1 heterocycles. The summed E-state index contributed by atoms with van der Waals surface area (Å²) in [6, 6.07) is 6.64. The van der Waals surface area contributed by atoms with E-state index in [9.17, 15) is 14.7 Å². The molecule has 7 heteroatoms. The minimum Gasteiger partial charge on any atom is -0.478 e. The first-order chi connectivity index (χ1) is 8.50. The fourth-order valence-electron chi connectivity index (χ4n) is 1.82. The molecule has 6 nitrogen and oxygen atoms in total. The monoisotopic (exact) mass is 270 g/mol. The third kappa shape index (κ3) is 2.25. The molecular weight excluding hydrogens is 260 g/mol. The summed E-state index contributed by atoms with van der Waals surface area (Å²) in [5, 5.41) is 21.0. The van der Waals surface area contributed by atoms with E-state index >= 15 is 0 Å². The van der Waals surface area contributed by atoms with Crippen LogP contribution in [0.1, 0.15) is 6.42 Å². The highest BCUT2D eigenvalue weighted by Gasteiger charge is 2.37. The number of carboxylic acid groups (broad SMARTS) is 1. The van der Waals surface area contributed by atoms with Crippen LogP contribution in [-0.2, 0) is 9.59 Å². The maximum absolute atomic E-state index is 11.6. The highest BCUT2D eigenvalue weighted by atomic mass is 35.5. The fraction of sp³-hybridized carbons (Fsp3) is 0.273. The first-order valence-corrected chi connectivity index (χ1v) is 5.64. The van der Waals surface area contributed by atoms with Crippen molar-refractivity contribution < 1.29 is 19.8 Å². The minimum atomic E-state index is -1.89. The lowest BCUT2D eigenvalue weighted by molar-refractivity contribution is -0.163. The van der Waals surface area contributed by atoms with Gasteiger partial charge in [-0.25, -0.2) is 9.80 Å². The number of benzene rings is 1. The Morgan fingerprint density at radius 1 is 1.44 bits per heavy atom. The second kappa shape index (κ2) is 4.83. The average molecular weight is 271 g/mol. The molecule has 1 aliphatic rings. The zero-order valence-corrected chi connectivity index (χ0v) is 10.0. The molecule has 1 amide bonds. The number of anilines is 1. The van der Waals surface area contributed by atoms with E-state index in [0.29, 0.717) is 17.3 Å². The molecule has 1 atom stereocenters. The standard InChI is InChI=1S/C11H11ClN2O4/c12-7-2-1-3-8(6-7)13-5-4-9(15)14(13)10(16)11(17)18/h1-3,6,10,16H,4-5H2,(H,17,18). The lowest BCUT2D eigenvalue weighted by Gasteiger charge is -2.31. The maximum atomic E-state index is 11.6. The number of carbonyl (C=O) groups is 2. The highest BCUT2D eigenvalue weighted by Crippen LogP contribution is 2.26. The zero-order chi connectivity index (χ0) is 13.3. The number of hydrogen-bond acceptors (Lipinski definition) is 4. The Morgan fingerprint density at radius 3 is 2.78 bits per heavy atom. The van der Waals surface area contributed by atoms with Crippen LogP contribution in [-0.4, -0.2) is 39.9 Å². The van der Waals surface area contributed by atoms with Gasteiger partial charge in [0.2, 0.25) is 12.1 Å². The predicted molar refractivity (Wildman–Crippen MR) is 63.9 cm³/mol. The normalized spacial score (nSPS) is 17.1. The SMILES string of the molecule is O=C(O)C(O)N1C(=O)CCN1c1cccc(Cl)c1. The molecule has 1 fully saturated rings. The number of nitrogens with zero attached hydrogens (tertiary/aromatic N) is 2. The van der Waals surface area contributed by atoms with Gasteiger partial charge in [0.1, 0.15) is 0 Å². The van der Waals surface area contributed by atoms with E-state index in [1.165, 1.54) is 5.01 Å². The van der Waals surface area contributed by atoms with Crippen LogP contribution in [0.15, 0.2) is 24.3 Å². The zero-order valence-electron chi connectivity index (χ0n) is 9.28. The summed E-state index contributed by atoms with van der Waals surface area (Å²) < 4.78 is 0. The van der Waals surface area contributed by atoms with Crippen LogP contribution in [0, 0.1) is 0 Å². The van der Waals surface area contributed by atoms with Gasteiger partial charge >= 0.3 is 5.97 Å². The summed E-state index contributed by atoms with van der Waals surface area (Å²) in [5.41, 5.74) is 0.564. The van der Waals surface area contributed by atoms with Crippen LogP contribution in [0.4, 0.5) is 5.69 Å². The van der Waals surface area contributed by atoms with E-state index < -0.39 is 18.1 Å². The van der Waals surface area contributed by atoms with Crippen molar-refractivity contribution in [2.45, 2.75) is 12.6 Å². The second-order valence-corrected chi connectivity index (χ2v) is 4.24. The lowest BCUT2D eigenvalue weighted by atomic mass is 10.3. The summed E-state index contributed by atoms with van der Waals surface area (Å²) in [5.74, 6) is -1.91. The van der Waals surface area contributed by atoms with Crippen LogP contribution in [0.2, 0.25) is 5.02 Å². The number of aliphatic hydroxyl groups excluding tert-OH is 1. The van der Waals surface area contributed by atoms with Gasteiger partial charge in [0.15, 0.2) is 0 Å². The minimum absolute atomic E-state index is 0.150. The molecule has 1 aromatic rings. The van der Waals surface area contributed by atoms with E-state index in [0.717, 1.165) is 5.01 Å². The Hall–Kier alpha value is -1.79. The van der Waals surface area contributed by atoms with Crippen molar-refractivity contribution in [2.24, 2.45) is 0 Å². The van der Waals surface area contributed by atoms with Crippen molar-refractivity contribution >= 4 is 29.2 Å². The molecule has 1 unspecified atom stereocenters. The quantitative estimate of drug-likeness (QED) is 0.845. The Labute approximate surface area is 108 Å². The molecule has 2 N–H and O–H groups in total. The molecule has 0 saturated carbocycles. The predicted octanol–water partition coefficient (Wildman–Crippen LogP) is 0.697. The van der Waals surface area contributed by atoms with E-state index in [2.05, 4.69) is 0 Å². The van der Waals surface area contributed by atoms with E-state index in [-0.39, 0.29) is 6.42 Å². The van der Waals surface area contributed by atoms with Gasteiger partial charge in [-0.15, -0.1) is 0 Å². The van der Waals surface area contributed by atoms with E-state index in [1.807, 2.05) is 0 Å². The van der Waals surface area contributed by atoms with Crippen LogP contribution < -0.4 is 5.01 Å². The van der Waals surface area contributed by atoms with Crippen molar-refractivity contribution in [2.75, 3.05) is 11.6 Å². The maximum Gasteiger partial charge on any atom is 0.355 e. The first kappa shape index (κ1) is 12.7. The van der Waals surface area contributed by atoms with Crippen LogP contribution in [0.5, 0.6) is 0 Å². The van der Waals surface area contributed by atoms with E-state index in [4.69, 9.17) is 16.7 Å². The van der Waals surface area contributed by atoms with Gasteiger partial charge in [-0.2, -0.15) is 0 Å². The third-order valence-electron chi connectivity index (χ3n) is 2.61. The number of carbonyl (C=O) groups excluding carboxylic acids is 1. The molecular formula is C11H11ClN2O4. The molecule has 0 bridgehead atoms. The number of hydrogen-bond donors (Lipinski definition) is 2. The Bertz CT molecular complexity index is 494.